The number of carbonyl (C=O) groups is 1. The Morgan fingerprint density at radius 1 is 1.40 bits per heavy atom. The summed E-state index contributed by atoms with van der Waals surface area (Å²) < 4.78 is 52.4. The van der Waals surface area contributed by atoms with E-state index in [2.05, 4.69) is 9.97 Å². The summed E-state index contributed by atoms with van der Waals surface area (Å²) in [7, 11) is 0. The van der Waals surface area contributed by atoms with Crippen molar-refractivity contribution in [1.82, 2.24) is 9.97 Å². The second-order valence-electron chi connectivity index (χ2n) is 4.04. The van der Waals surface area contributed by atoms with Crippen molar-refractivity contribution in [2.24, 2.45) is 0 Å². The van der Waals surface area contributed by atoms with Crippen molar-refractivity contribution in [2.75, 3.05) is 0 Å². The smallest absolute Gasteiger partial charge is 0.434 e. The number of hydrogen-bond donors (Lipinski definition) is 1. The molecule has 2 aromatic rings. The Balaban J connectivity index is 3.00. The van der Waals surface area contributed by atoms with Crippen molar-refractivity contribution in [3.05, 3.63) is 35.2 Å². The average Bonchev–Trinajstić information content (AvgIpc) is 2.34. The molecule has 8 heteroatoms. The van der Waals surface area contributed by atoms with E-state index in [1.807, 2.05) is 0 Å². The predicted octanol–water partition coefficient (Wildman–Crippen LogP) is 3.38. The number of hydrogen-bond acceptors (Lipinski definition) is 3. The van der Waals surface area contributed by atoms with Crippen molar-refractivity contribution in [2.45, 2.75) is 19.3 Å². The predicted molar refractivity (Wildman–Crippen MR) is 61.0 cm³/mol. The first-order chi connectivity index (χ1) is 9.23. The molecule has 1 N–H and O–H groups in total. The highest BCUT2D eigenvalue weighted by Gasteiger charge is 2.40. The van der Waals surface area contributed by atoms with Crippen LogP contribution in [0.5, 0.6) is 0 Å². The minimum absolute atomic E-state index is 0.0482. The van der Waals surface area contributed by atoms with E-state index in [-0.39, 0.29) is 11.0 Å². The van der Waals surface area contributed by atoms with Gasteiger partial charge < -0.3 is 5.11 Å². The molecule has 4 nitrogen and oxygen atoms in total. The number of pyridine rings is 2. The van der Waals surface area contributed by atoms with Crippen LogP contribution < -0.4 is 0 Å². The fourth-order valence-corrected chi connectivity index (χ4v) is 1.96. The Bertz CT molecular complexity index is 683. The quantitative estimate of drug-likeness (QED) is 0.860. The Labute approximate surface area is 110 Å². The number of halogens is 4. The van der Waals surface area contributed by atoms with Crippen molar-refractivity contribution < 1.29 is 27.5 Å². The van der Waals surface area contributed by atoms with Gasteiger partial charge >= 0.3 is 12.1 Å². The zero-order valence-electron chi connectivity index (χ0n) is 10.1. The van der Waals surface area contributed by atoms with E-state index in [0.29, 0.717) is 0 Å². The van der Waals surface area contributed by atoms with Gasteiger partial charge in [-0.1, -0.05) is 0 Å². The van der Waals surface area contributed by atoms with Crippen molar-refractivity contribution in [3.8, 4) is 0 Å². The molecule has 0 radical (unpaired) electrons. The van der Waals surface area contributed by atoms with Crippen molar-refractivity contribution in [3.63, 3.8) is 0 Å². The minimum Gasteiger partial charge on any atom is -0.478 e. The fraction of sp³-hybridized carbons (Fsp3) is 0.250. The molecule has 0 aromatic carbocycles. The molecule has 0 saturated heterocycles. The van der Waals surface area contributed by atoms with Gasteiger partial charge in [0.1, 0.15) is 6.17 Å². The molecule has 2 aromatic heterocycles. The molecular weight excluding hydrogens is 280 g/mol. The molecule has 20 heavy (non-hydrogen) atoms. The van der Waals surface area contributed by atoms with E-state index in [1.165, 1.54) is 18.3 Å². The van der Waals surface area contributed by atoms with E-state index >= 15 is 0 Å². The monoisotopic (exact) mass is 288 g/mol. The number of rotatable bonds is 2. The SMILES string of the molecule is CC(F)c1c(C(=O)O)c(C(F)(F)F)nc2ncccc12. The van der Waals surface area contributed by atoms with E-state index in [0.717, 1.165) is 6.92 Å². The summed E-state index contributed by atoms with van der Waals surface area (Å²) in [6.45, 7) is 0.967. The Morgan fingerprint density at radius 3 is 2.55 bits per heavy atom. The molecule has 0 spiro atoms. The third kappa shape index (κ3) is 2.28. The van der Waals surface area contributed by atoms with Gasteiger partial charge in [-0.2, -0.15) is 13.2 Å². The van der Waals surface area contributed by atoms with Gasteiger partial charge in [0, 0.05) is 17.1 Å². The summed E-state index contributed by atoms with van der Waals surface area (Å²) in [5.41, 5.74) is -3.73. The van der Waals surface area contributed by atoms with Crippen LogP contribution in [0.3, 0.4) is 0 Å². The van der Waals surface area contributed by atoms with Crippen molar-refractivity contribution >= 4 is 17.0 Å². The lowest BCUT2D eigenvalue weighted by atomic mass is 9.98. The van der Waals surface area contributed by atoms with Crippen LogP contribution in [-0.2, 0) is 6.18 Å². The van der Waals surface area contributed by atoms with Gasteiger partial charge in [-0.15, -0.1) is 0 Å². The van der Waals surface area contributed by atoms with Gasteiger partial charge in [-0.25, -0.2) is 19.2 Å². The van der Waals surface area contributed by atoms with Crippen LogP contribution in [0, 0.1) is 0 Å². The van der Waals surface area contributed by atoms with Crippen LogP contribution >= 0.6 is 0 Å². The molecule has 0 aliphatic rings. The molecule has 0 fully saturated rings. The number of carboxylic acid groups (broad SMARTS) is 1. The zero-order chi connectivity index (χ0) is 15.1. The molecule has 0 aliphatic carbocycles. The average molecular weight is 288 g/mol. The van der Waals surface area contributed by atoms with Gasteiger partial charge in [0.15, 0.2) is 11.3 Å². The highest BCUT2D eigenvalue weighted by atomic mass is 19.4. The van der Waals surface area contributed by atoms with E-state index < -0.39 is 35.1 Å². The van der Waals surface area contributed by atoms with Crippen LogP contribution in [0.4, 0.5) is 17.6 Å². The number of aromatic carboxylic acids is 1. The molecule has 0 aliphatic heterocycles. The minimum atomic E-state index is -5.01. The summed E-state index contributed by atoms with van der Waals surface area (Å²) in [6, 6.07) is 2.65. The lowest BCUT2D eigenvalue weighted by Gasteiger charge is -2.16. The first-order valence-electron chi connectivity index (χ1n) is 5.46. The topological polar surface area (TPSA) is 63.1 Å². The van der Waals surface area contributed by atoms with Gasteiger partial charge in [0.05, 0.1) is 5.56 Å². The summed E-state index contributed by atoms with van der Waals surface area (Å²) in [5.74, 6) is -1.88. The maximum atomic E-state index is 13.7. The third-order valence-electron chi connectivity index (χ3n) is 2.68. The maximum absolute atomic E-state index is 13.7. The molecule has 106 valence electrons. The number of aromatic nitrogens is 2. The Morgan fingerprint density at radius 2 is 2.05 bits per heavy atom. The largest absolute Gasteiger partial charge is 0.478 e. The summed E-state index contributed by atoms with van der Waals surface area (Å²) >= 11 is 0. The lowest BCUT2D eigenvalue weighted by Crippen LogP contribution is -2.19. The van der Waals surface area contributed by atoms with Gasteiger partial charge in [0.2, 0.25) is 0 Å². The van der Waals surface area contributed by atoms with Gasteiger partial charge in [0.25, 0.3) is 0 Å². The second kappa shape index (κ2) is 4.69. The number of fused-ring (bicyclic) bond motifs is 1. The van der Waals surface area contributed by atoms with E-state index in [1.54, 1.807) is 0 Å². The first kappa shape index (κ1) is 14.2. The van der Waals surface area contributed by atoms with Crippen LogP contribution in [0.15, 0.2) is 18.3 Å². The van der Waals surface area contributed by atoms with Crippen LogP contribution in [-0.4, -0.2) is 21.0 Å². The molecule has 0 bridgehead atoms. The molecule has 1 unspecified atom stereocenters. The summed E-state index contributed by atoms with van der Waals surface area (Å²) in [6.07, 6.45) is -5.72. The maximum Gasteiger partial charge on any atom is 0.434 e. The highest BCUT2D eigenvalue weighted by molar-refractivity contribution is 5.97. The Kier molecular flexibility index (Phi) is 3.33. The fourth-order valence-electron chi connectivity index (χ4n) is 1.96. The third-order valence-corrected chi connectivity index (χ3v) is 2.68. The second-order valence-corrected chi connectivity index (χ2v) is 4.04. The van der Waals surface area contributed by atoms with Crippen LogP contribution in [0.25, 0.3) is 11.0 Å². The zero-order valence-corrected chi connectivity index (χ0v) is 10.1. The molecule has 2 rings (SSSR count). The molecule has 0 saturated carbocycles. The molecule has 1 atom stereocenters. The number of carboxylic acids is 1. The van der Waals surface area contributed by atoms with E-state index in [4.69, 9.17) is 5.11 Å². The van der Waals surface area contributed by atoms with Crippen LogP contribution in [0.1, 0.15) is 34.7 Å². The van der Waals surface area contributed by atoms with Gasteiger partial charge in [-0.05, 0) is 19.1 Å². The van der Waals surface area contributed by atoms with Crippen LogP contribution in [0.2, 0.25) is 0 Å². The summed E-state index contributed by atoms with van der Waals surface area (Å²) in [4.78, 5) is 18.0. The standard InChI is InChI=1S/C12H8F4N2O2/c1-5(13)7-6-3-2-4-17-10(6)18-9(12(14,15)16)8(7)11(19)20/h2-5H,1H3,(H,19,20). The first-order valence-corrected chi connectivity index (χ1v) is 5.46. The molecule has 2 heterocycles. The van der Waals surface area contributed by atoms with Gasteiger partial charge in [-0.3, -0.25) is 0 Å². The molecular formula is C12H8F4N2O2. The number of nitrogens with zero attached hydrogens (tertiary/aromatic N) is 2. The van der Waals surface area contributed by atoms with Crippen molar-refractivity contribution in [1.29, 1.82) is 0 Å². The number of alkyl halides is 4. The summed E-state index contributed by atoms with van der Waals surface area (Å²) in [5, 5.41) is 8.94. The lowest BCUT2D eigenvalue weighted by molar-refractivity contribution is -0.141. The highest BCUT2D eigenvalue weighted by Crippen LogP contribution is 2.37. The van der Waals surface area contributed by atoms with E-state index in [9.17, 15) is 22.4 Å². The normalized spacial score (nSPS) is 13.4. The molecule has 0 amide bonds. The Hall–Kier alpha value is -2.25.